The fourth-order valence-corrected chi connectivity index (χ4v) is 6.09. The van der Waals surface area contributed by atoms with Crippen LogP contribution in [0.4, 0.5) is 0 Å². The Hall–Kier alpha value is -5.40. The molecule has 0 spiro atoms. The first-order valence-corrected chi connectivity index (χ1v) is 14.0. The van der Waals surface area contributed by atoms with E-state index in [9.17, 15) is 0 Å². The van der Waals surface area contributed by atoms with Crippen molar-refractivity contribution < 1.29 is 4.74 Å². The SMILES string of the molecule is C1=C/c2ccccc2/C=C/c2ccc3cccc(c3c2)-c2c3ccccc3c(c3ccccc23)Oc2cccc/1c2. The second-order valence-corrected chi connectivity index (χ2v) is 10.6. The minimum atomic E-state index is 0.819. The molecule has 1 nitrogen and oxygen atoms in total. The van der Waals surface area contributed by atoms with E-state index in [-0.39, 0.29) is 0 Å². The third-order valence-corrected chi connectivity index (χ3v) is 8.04. The average Bonchev–Trinajstić information content (AvgIpc) is 3.03. The van der Waals surface area contributed by atoms with Crippen molar-refractivity contribution in [3.8, 4) is 22.6 Å². The molecule has 7 aromatic rings. The van der Waals surface area contributed by atoms with Gasteiger partial charge in [0, 0.05) is 10.8 Å². The van der Waals surface area contributed by atoms with Crippen LogP contribution in [0.2, 0.25) is 0 Å². The minimum Gasteiger partial charge on any atom is -0.456 e. The molecular weight excluding hydrogens is 496 g/mol. The van der Waals surface area contributed by atoms with E-state index in [0.29, 0.717) is 0 Å². The van der Waals surface area contributed by atoms with Crippen LogP contribution in [-0.4, -0.2) is 0 Å². The normalized spacial score (nSPS) is 14.0. The minimum absolute atomic E-state index is 0.819. The van der Waals surface area contributed by atoms with Crippen molar-refractivity contribution in [1.82, 2.24) is 0 Å². The van der Waals surface area contributed by atoms with Crippen LogP contribution < -0.4 is 4.74 Å². The first kappa shape index (κ1) is 23.5. The van der Waals surface area contributed by atoms with E-state index >= 15 is 0 Å². The van der Waals surface area contributed by atoms with Gasteiger partial charge in [0.2, 0.25) is 0 Å². The van der Waals surface area contributed by atoms with Gasteiger partial charge in [0.25, 0.3) is 0 Å². The molecule has 192 valence electrons. The Kier molecular flexibility index (Phi) is 5.53. The Bertz CT molecular complexity index is 2120. The van der Waals surface area contributed by atoms with Gasteiger partial charge in [-0.3, -0.25) is 0 Å². The van der Waals surface area contributed by atoms with Gasteiger partial charge in [-0.1, -0.05) is 140 Å². The van der Waals surface area contributed by atoms with Gasteiger partial charge < -0.3 is 4.74 Å². The lowest BCUT2D eigenvalue weighted by Crippen LogP contribution is -1.93. The van der Waals surface area contributed by atoms with Crippen molar-refractivity contribution in [3.05, 3.63) is 156 Å². The molecule has 0 N–H and O–H groups in total. The molecule has 9 rings (SSSR count). The van der Waals surface area contributed by atoms with E-state index < -0.39 is 0 Å². The summed E-state index contributed by atoms with van der Waals surface area (Å²) < 4.78 is 6.78. The van der Waals surface area contributed by atoms with Crippen molar-refractivity contribution in [1.29, 1.82) is 0 Å². The van der Waals surface area contributed by atoms with Crippen LogP contribution in [-0.2, 0) is 0 Å². The molecule has 1 heteroatoms. The zero-order valence-electron chi connectivity index (χ0n) is 22.4. The molecule has 0 aliphatic carbocycles. The Labute approximate surface area is 239 Å². The molecule has 0 fully saturated rings. The molecule has 7 aromatic carbocycles. The molecule has 0 amide bonds. The second-order valence-electron chi connectivity index (χ2n) is 10.6. The lowest BCUT2D eigenvalue weighted by molar-refractivity contribution is 0.493. The quantitative estimate of drug-likeness (QED) is 0.180. The highest BCUT2D eigenvalue weighted by Gasteiger charge is 2.18. The Morgan fingerprint density at radius 3 is 1.71 bits per heavy atom. The molecule has 0 atom stereocenters. The standard InChI is InChI=1S/C40H26O/c1-2-11-30-23-20-28-21-24-31-12-8-18-35(38(31)26-28)39-33-14-3-5-16-36(33)40(37-17-6-4-15-34(37)39)41-32-13-7-9-27(25-32)19-22-29(30)10-1/h1-26H/b22-19+,23-20+. The predicted molar refractivity (Wildman–Crippen MR) is 175 cm³/mol. The summed E-state index contributed by atoms with van der Waals surface area (Å²) >= 11 is 0. The topological polar surface area (TPSA) is 9.23 Å². The largest absolute Gasteiger partial charge is 0.456 e. The number of benzene rings is 7. The van der Waals surface area contributed by atoms with Crippen molar-refractivity contribution in [3.63, 3.8) is 0 Å². The van der Waals surface area contributed by atoms with Gasteiger partial charge in [0.1, 0.15) is 11.5 Å². The van der Waals surface area contributed by atoms with E-state index in [1.165, 1.54) is 49.4 Å². The molecule has 2 heterocycles. The molecule has 41 heavy (non-hydrogen) atoms. The summed E-state index contributed by atoms with van der Waals surface area (Å²) in [6.45, 7) is 0. The monoisotopic (exact) mass is 522 g/mol. The van der Waals surface area contributed by atoms with Crippen LogP contribution in [0.3, 0.4) is 0 Å². The van der Waals surface area contributed by atoms with E-state index in [1.54, 1.807) is 0 Å². The zero-order chi connectivity index (χ0) is 27.2. The zero-order valence-corrected chi connectivity index (χ0v) is 22.4. The molecule has 6 bridgehead atoms. The van der Waals surface area contributed by atoms with E-state index in [1.807, 2.05) is 6.07 Å². The molecular formula is C40H26O. The van der Waals surface area contributed by atoms with E-state index in [2.05, 4.69) is 152 Å². The molecule has 0 unspecified atom stereocenters. The number of hydrogen-bond acceptors (Lipinski definition) is 1. The van der Waals surface area contributed by atoms with Crippen molar-refractivity contribution in [2.75, 3.05) is 0 Å². The maximum atomic E-state index is 6.78. The van der Waals surface area contributed by atoms with E-state index in [4.69, 9.17) is 4.74 Å². The van der Waals surface area contributed by atoms with Crippen LogP contribution in [0.15, 0.2) is 133 Å². The molecule has 2 aliphatic heterocycles. The molecule has 2 aliphatic rings. The Morgan fingerprint density at radius 1 is 0.390 bits per heavy atom. The third-order valence-electron chi connectivity index (χ3n) is 8.04. The van der Waals surface area contributed by atoms with Crippen molar-refractivity contribution >= 4 is 56.6 Å². The fourth-order valence-electron chi connectivity index (χ4n) is 6.09. The van der Waals surface area contributed by atoms with Gasteiger partial charge in [0.15, 0.2) is 0 Å². The van der Waals surface area contributed by atoms with Crippen LogP contribution >= 0.6 is 0 Å². The maximum Gasteiger partial charge on any atom is 0.143 e. The smallest absolute Gasteiger partial charge is 0.143 e. The molecule has 0 radical (unpaired) electrons. The highest BCUT2D eigenvalue weighted by Crippen LogP contribution is 2.46. The average molecular weight is 523 g/mol. The van der Waals surface area contributed by atoms with Gasteiger partial charge >= 0.3 is 0 Å². The molecule has 0 saturated heterocycles. The number of rotatable bonds is 0. The summed E-state index contributed by atoms with van der Waals surface area (Å²) in [4.78, 5) is 0. The fraction of sp³-hybridized carbons (Fsp3) is 0. The summed E-state index contributed by atoms with van der Waals surface area (Å²) in [5.74, 6) is 1.70. The van der Waals surface area contributed by atoms with Crippen LogP contribution in [0.25, 0.3) is 67.7 Å². The van der Waals surface area contributed by atoms with Gasteiger partial charge in [-0.15, -0.1) is 0 Å². The number of hydrogen-bond donors (Lipinski definition) is 0. The van der Waals surface area contributed by atoms with Crippen LogP contribution in [0.5, 0.6) is 11.5 Å². The highest BCUT2D eigenvalue weighted by molar-refractivity contribution is 6.20. The summed E-state index contributed by atoms with van der Waals surface area (Å²) in [5, 5.41) is 7.03. The number of ether oxygens (including phenoxy) is 1. The summed E-state index contributed by atoms with van der Waals surface area (Å²) in [7, 11) is 0. The van der Waals surface area contributed by atoms with Gasteiger partial charge in [-0.2, -0.15) is 0 Å². The first-order chi connectivity index (χ1) is 20.3. The van der Waals surface area contributed by atoms with Crippen LogP contribution in [0, 0.1) is 0 Å². The maximum absolute atomic E-state index is 6.78. The first-order valence-electron chi connectivity index (χ1n) is 14.0. The second kappa shape index (κ2) is 9.66. The van der Waals surface area contributed by atoms with Gasteiger partial charge in [-0.25, -0.2) is 0 Å². The lowest BCUT2D eigenvalue weighted by Gasteiger charge is -2.19. The third kappa shape index (κ3) is 4.11. The summed E-state index contributed by atoms with van der Waals surface area (Å²) in [5.41, 5.74) is 7.07. The predicted octanol–water partition coefficient (Wildman–Crippen LogP) is 11.3. The highest BCUT2D eigenvalue weighted by atomic mass is 16.5. The summed E-state index contributed by atoms with van der Waals surface area (Å²) in [6, 6.07) is 47.5. The molecule has 0 saturated carbocycles. The van der Waals surface area contributed by atoms with Crippen molar-refractivity contribution in [2.24, 2.45) is 0 Å². The summed E-state index contributed by atoms with van der Waals surface area (Å²) in [6.07, 6.45) is 8.77. The van der Waals surface area contributed by atoms with E-state index in [0.717, 1.165) is 27.8 Å². The molecule has 0 aromatic heterocycles. The van der Waals surface area contributed by atoms with Crippen molar-refractivity contribution in [2.45, 2.75) is 0 Å². The lowest BCUT2D eigenvalue weighted by atomic mass is 9.88. The van der Waals surface area contributed by atoms with Gasteiger partial charge in [-0.05, 0) is 73.1 Å². The Morgan fingerprint density at radius 2 is 1.00 bits per heavy atom. The Balaban J connectivity index is 1.50. The van der Waals surface area contributed by atoms with Crippen LogP contribution in [0.1, 0.15) is 22.3 Å². The van der Waals surface area contributed by atoms with Gasteiger partial charge in [0.05, 0.1) is 0 Å².